The Morgan fingerprint density at radius 3 is 2.80 bits per heavy atom. The Kier molecular flexibility index (Phi) is 7.15. The lowest BCUT2D eigenvalue weighted by Gasteiger charge is -2.16. The van der Waals surface area contributed by atoms with Crippen LogP contribution >= 0.6 is 34.7 Å². The van der Waals surface area contributed by atoms with Gasteiger partial charge in [0.05, 0.1) is 16.4 Å². The van der Waals surface area contributed by atoms with Gasteiger partial charge in [-0.25, -0.2) is 9.78 Å². The Hall–Kier alpha value is -1.71. The molecule has 0 saturated carbocycles. The van der Waals surface area contributed by atoms with Crippen molar-refractivity contribution in [3.05, 3.63) is 45.2 Å². The van der Waals surface area contributed by atoms with Crippen LogP contribution in [0.1, 0.15) is 15.2 Å². The highest BCUT2D eigenvalue weighted by molar-refractivity contribution is 7.99. The number of hydrogen-bond donors (Lipinski definition) is 0. The lowest BCUT2D eigenvalue weighted by atomic mass is 10.3. The van der Waals surface area contributed by atoms with Gasteiger partial charge in [-0.3, -0.25) is 4.79 Å². The molecule has 134 valence electrons. The fourth-order valence-corrected chi connectivity index (χ4v) is 3.51. The van der Waals surface area contributed by atoms with E-state index in [2.05, 4.69) is 4.98 Å². The molecule has 2 aromatic rings. The summed E-state index contributed by atoms with van der Waals surface area (Å²) >= 11 is 7.32. The topological polar surface area (TPSA) is 59.5 Å². The molecule has 0 unspecified atom stereocenters. The van der Waals surface area contributed by atoms with Gasteiger partial charge in [-0.2, -0.15) is 8.78 Å². The molecule has 10 heteroatoms. The molecule has 2 rings (SSSR count). The number of amides is 1. The van der Waals surface area contributed by atoms with E-state index >= 15 is 0 Å². The van der Waals surface area contributed by atoms with Gasteiger partial charge in [0.15, 0.2) is 6.61 Å². The van der Waals surface area contributed by atoms with Gasteiger partial charge >= 0.3 is 5.97 Å². The van der Waals surface area contributed by atoms with Gasteiger partial charge < -0.3 is 9.64 Å². The number of likely N-dealkylation sites (N-methyl/N-ethyl adjacent to an activating group) is 1. The monoisotopic (exact) mass is 406 g/mol. The lowest BCUT2D eigenvalue weighted by Crippen LogP contribution is -2.30. The molecule has 0 N–H and O–H groups in total. The standard InChI is InChI=1S/C15H13ClF2N2O3S2/c1-20(7-9-4-5-11(16)24-9)12(21)8-23-14(22)10-3-2-6-19-13(10)25-15(17)18/h2-6,15H,7-8H2,1H3. The highest BCUT2D eigenvalue weighted by atomic mass is 35.5. The minimum absolute atomic E-state index is 0.103. The van der Waals surface area contributed by atoms with Gasteiger partial charge in [-0.15, -0.1) is 11.3 Å². The quantitative estimate of drug-likeness (QED) is 0.515. The first-order valence-electron chi connectivity index (χ1n) is 6.92. The van der Waals surface area contributed by atoms with Crippen molar-refractivity contribution in [3.8, 4) is 0 Å². The average molecular weight is 407 g/mol. The Labute approximate surface area is 155 Å². The van der Waals surface area contributed by atoms with Crippen molar-refractivity contribution in [2.45, 2.75) is 17.3 Å². The highest BCUT2D eigenvalue weighted by Crippen LogP contribution is 2.26. The van der Waals surface area contributed by atoms with Gasteiger partial charge in [-0.1, -0.05) is 11.6 Å². The summed E-state index contributed by atoms with van der Waals surface area (Å²) in [7, 11) is 1.56. The first-order chi connectivity index (χ1) is 11.9. The number of thiophene rings is 1. The zero-order chi connectivity index (χ0) is 18.4. The van der Waals surface area contributed by atoms with Crippen molar-refractivity contribution in [1.82, 2.24) is 9.88 Å². The zero-order valence-corrected chi connectivity index (χ0v) is 15.3. The van der Waals surface area contributed by atoms with Crippen LogP contribution in [-0.4, -0.2) is 41.2 Å². The van der Waals surface area contributed by atoms with Crippen LogP contribution in [0.25, 0.3) is 0 Å². The van der Waals surface area contributed by atoms with Gasteiger partial charge in [0.1, 0.15) is 5.03 Å². The van der Waals surface area contributed by atoms with Crippen LogP contribution in [0.2, 0.25) is 4.34 Å². The lowest BCUT2D eigenvalue weighted by molar-refractivity contribution is -0.133. The van der Waals surface area contributed by atoms with E-state index in [9.17, 15) is 18.4 Å². The molecule has 1 amide bonds. The second-order valence-electron chi connectivity index (χ2n) is 4.77. The first-order valence-corrected chi connectivity index (χ1v) is 8.99. The third kappa shape index (κ3) is 5.94. The summed E-state index contributed by atoms with van der Waals surface area (Å²) in [6.07, 6.45) is 1.30. The number of rotatable bonds is 7. The van der Waals surface area contributed by atoms with Crippen LogP contribution in [0.3, 0.4) is 0 Å². The van der Waals surface area contributed by atoms with Crippen LogP contribution in [0.5, 0.6) is 0 Å². The third-order valence-electron chi connectivity index (χ3n) is 2.97. The number of hydrogen-bond acceptors (Lipinski definition) is 6. The fraction of sp³-hybridized carbons (Fsp3) is 0.267. The molecule has 0 aliphatic heterocycles. The summed E-state index contributed by atoms with van der Waals surface area (Å²) in [4.78, 5) is 30.1. The SMILES string of the molecule is CN(Cc1ccc(Cl)s1)C(=O)COC(=O)c1cccnc1SC(F)F. The number of carbonyl (C=O) groups is 2. The highest BCUT2D eigenvalue weighted by Gasteiger charge is 2.19. The van der Waals surface area contributed by atoms with E-state index in [1.807, 2.05) is 0 Å². The number of ether oxygens (including phenoxy) is 1. The van der Waals surface area contributed by atoms with Crippen LogP contribution < -0.4 is 0 Å². The molecule has 0 bridgehead atoms. The van der Waals surface area contributed by atoms with Crippen LogP contribution in [-0.2, 0) is 16.1 Å². The van der Waals surface area contributed by atoms with Gasteiger partial charge in [0.2, 0.25) is 0 Å². The Balaban J connectivity index is 1.92. The maximum atomic E-state index is 12.5. The van der Waals surface area contributed by atoms with Crippen molar-refractivity contribution in [3.63, 3.8) is 0 Å². The molecule has 0 spiro atoms. The maximum Gasteiger partial charge on any atom is 0.341 e. The van der Waals surface area contributed by atoms with Crippen LogP contribution in [0.15, 0.2) is 35.5 Å². The molecule has 0 aliphatic carbocycles. The number of alkyl halides is 2. The van der Waals surface area contributed by atoms with Crippen molar-refractivity contribution in [2.24, 2.45) is 0 Å². The Morgan fingerprint density at radius 1 is 1.40 bits per heavy atom. The van der Waals surface area contributed by atoms with Crippen molar-refractivity contribution < 1.29 is 23.1 Å². The maximum absolute atomic E-state index is 12.5. The number of nitrogens with zero attached hydrogens (tertiary/aromatic N) is 2. The molecule has 5 nitrogen and oxygen atoms in total. The molecule has 2 heterocycles. The molecular formula is C15H13ClF2N2O3S2. The predicted octanol–water partition coefficient (Wildman–Crippen LogP) is 3.93. The number of pyridine rings is 1. The molecule has 25 heavy (non-hydrogen) atoms. The largest absolute Gasteiger partial charge is 0.452 e. The molecule has 0 radical (unpaired) electrons. The predicted molar refractivity (Wildman–Crippen MR) is 92.2 cm³/mol. The summed E-state index contributed by atoms with van der Waals surface area (Å²) in [6.45, 7) is -0.171. The van der Waals surface area contributed by atoms with Gasteiger partial charge in [0.25, 0.3) is 11.7 Å². The van der Waals surface area contributed by atoms with E-state index < -0.39 is 24.2 Å². The summed E-state index contributed by atoms with van der Waals surface area (Å²) < 4.78 is 30.5. The van der Waals surface area contributed by atoms with Crippen molar-refractivity contribution in [2.75, 3.05) is 13.7 Å². The molecule has 0 fully saturated rings. The second kappa shape index (κ2) is 9.12. The zero-order valence-electron chi connectivity index (χ0n) is 12.9. The Bertz CT molecular complexity index is 758. The van der Waals surface area contributed by atoms with E-state index in [1.54, 1.807) is 19.2 Å². The minimum Gasteiger partial charge on any atom is -0.452 e. The van der Waals surface area contributed by atoms with Gasteiger partial charge in [-0.05, 0) is 36.0 Å². The summed E-state index contributed by atoms with van der Waals surface area (Å²) in [5.41, 5.74) is -0.103. The number of thioether (sulfide) groups is 1. The van der Waals surface area contributed by atoms with Crippen molar-refractivity contribution >= 4 is 46.6 Å². The number of halogens is 3. The smallest absolute Gasteiger partial charge is 0.341 e. The first kappa shape index (κ1) is 19.6. The van der Waals surface area contributed by atoms with Gasteiger partial charge in [0, 0.05) is 18.1 Å². The molecule has 2 aromatic heterocycles. The summed E-state index contributed by atoms with van der Waals surface area (Å²) in [5.74, 6) is -4.02. The summed E-state index contributed by atoms with van der Waals surface area (Å²) in [6, 6.07) is 6.28. The molecule has 0 aromatic carbocycles. The average Bonchev–Trinajstić information content (AvgIpc) is 2.97. The molecule has 0 atom stereocenters. The Morgan fingerprint density at radius 2 is 2.16 bits per heavy atom. The van der Waals surface area contributed by atoms with E-state index in [4.69, 9.17) is 16.3 Å². The van der Waals surface area contributed by atoms with E-state index in [0.29, 0.717) is 10.9 Å². The second-order valence-corrected chi connectivity index (χ2v) is 7.54. The van der Waals surface area contributed by atoms with E-state index in [0.717, 1.165) is 4.88 Å². The fourth-order valence-electron chi connectivity index (χ4n) is 1.80. The molecular weight excluding hydrogens is 394 g/mol. The molecule has 0 aliphatic rings. The number of esters is 1. The minimum atomic E-state index is -2.72. The van der Waals surface area contributed by atoms with Crippen molar-refractivity contribution in [1.29, 1.82) is 0 Å². The third-order valence-corrected chi connectivity index (χ3v) is 4.91. The normalized spacial score (nSPS) is 10.8. The van der Waals surface area contributed by atoms with Crippen LogP contribution in [0.4, 0.5) is 8.78 Å². The number of carbonyl (C=O) groups excluding carboxylic acids is 2. The summed E-state index contributed by atoms with van der Waals surface area (Å²) in [5, 5.41) is -0.142. The van der Waals surface area contributed by atoms with E-state index in [1.165, 1.54) is 34.6 Å². The number of aromatic nitrogens is 1. The van der Waals surface area contributed by atoms with E-state index in [-0.39, 0.29) is 22.4 Å². The molecule has 0 saturated heterocycles. The van der Waals surface area contributed by atoms with Crippen LogP contribution in [0, 0.1) is 0 Å².